The van der Waals surface area contributed by atoms with Gasteiger partial charge < -0.3 is 15.4 Å². The van der Waals surface area contributed by atoms with Crippen LogP contribution in [-0.4, -0.2) is 34.3 Å². The predicted molar refractivity (Wildman–Crippen MR) is 142 cm³/mol. The van der Waals surface area contributed by atoms with E-state index in [4.69, 9.17) is 4.74 Å². The van der Waals surface area contributed by atoms with Crippen LogP contribution in [0.4, 0.5) is 21.6 Å². The summed E-state index contributed by atoms with van der Waals surface area (Å²) in [6, 6.07) is 14.8. The summed E-state index contributed by atoms with van der Waals surface area (Å²) in [5.74, 6) is 6.60. The Morgan fingerprint density at radius 1 is 1.08 bits per heavy atom. The lowest BCUT2D eigenvalue weighted by atomic mass is 9.97. The normalized spacial score (nSPS) is 17.1. The molecule has 2 fully saturated rings. The van der Waals surface area contributed by atoms with Crippen molar-refractivity contribution < 1.29 is 13.9 Å². The highest BCUT2D eigenvalue weighted by molar-refractivity contribution is 8.00. The van der Waals surface area contributed by atoms with Crippen molar-refractivity contribution in [1.82, 2.24) is 9.97 Å². The Labute approximate surface area is 217 Å². The first kappa shape index (κ1) is 22.3. The van der Waals surface area contributed by atoms with Crippen molar-refractivity contribution in [3.8, 4) is 11.8 Å². The van der Waals surface area contributed by atoms with E-state index in [1.807, 2.05) is 36.4 Å². The Balaban J connectivity index is 1.15. The average molecular weight is 509 g/mol. The number of carbonyl (C=O) groups is 1. The molecule has 1 spiro atoms. The van der Waals surface area contributed by atoms with E-state index in [0.29, 0.717) is 35.7 Å². The van der Waals surface area contributed by atoms with Gasteiger partial charge in [0.1, 0.15) is 17.3 Å². The molecule has 1 amide bonds. The molecule has 0 unspecified atom stereocenters. The van der Waals surface area contributed by atoms with E-state index >= 15 is 0 Å². The van der Waals surface area contributed by atoms with E-state index < -0.39 is 0 Å². The van der Waals surface area contributed by atoms with Crippen molar-refractivity contribution in [2.75, 3.05) is 23.8 Å². The molecule has 3 aliphatic rings. The van der Waals surface area contributed by atoms with Crippen LogP contribution in [0.15, 0.2) is 65.8 Å². The molecule has 2 aliphatic heterocycles. The van der Waals surface area contributed by atoms with Crippen LogP contribution >= 0.6 is 11.8 Å². The summed E-state index contributed by atoms with van der Waals surface area (Å²) in [5, 5.41) is 8.17. The third-order valence-corrected chi connectivity index (χ3v) is 8.19. The van der Waals surface area contributed by atoms with Crippen LogP contribution in [-0.2, 0) is 14.9 Å². The third kappa shape index (κ3) is 4.01. The molecule has 37 heavy (non-hydrogen) atoms. The van der Waals surface area contributed by atoms with Gasteiger partial charge in [-0.3, -0.25) is 4.79 Å². The van der Waals surface area contributed by atoms with Crippen LogP contribution in [0, 0.1) is 17.7 Å². The largest absolute Gasteiger partial charge is 0.379 e. The van der Waals surface area contributed by atoms with Crippen molar-refractivity contribution in [2.45, 2.75) is 28.4 Å². The van der Waals surface area contributed by atoms with Crippen LogP contribution in [0.3, 0.4) is 0 Å². The van der Waals surface area contributed by atoms with E-state index in [0.717, 1.165) is 45.3 Å². The van der Waals surface area contributed by atoms with Crippen molar-refractivity contribution in [1.29, 1.82) is 0 Å². The Kier molecular flexibility index (Phi) is 5.17. The van der Waals surface area contributed by atoms with Crippen LogP contribution in [0.2, 0.25) is 0 Å². The monoisotopic (exact) mass is 508 g/mol. The van der Waals surface area contributed by atoms with Gasteiger partial charge in [-0.15, -0.1) is 11.8 Å². The molecule has 4 heterocycles. The first-order valence-electron chi connectivity index (χ1n) is 12.1. The molecule has 0 atom stereocenters. The van der Waals surface area contributed by atoms with Crippen molar-refractivity contribution in [3.63, 3.8) is 0 Å². The number of fused-ring (bicyclic) bond motifs is 3. The highest BCUT2D eigenvalue weighted by atomic mass is 32.2. The number of halogens is 1. The first-order valence-corrected chi connectivity index (χ1v) is 13.0. The number of thioether (sulfide) groups is 1. The number of carbonyl (C=O) groups excluding carboxylic acids is 1. The number of benzene rings is 2. The lowest BCUT2D eigenvalue weighted by molar-refractivity contribution is -0.117. The molecule has 8 heteroatoms. The van der Waals surface area contributed by atoms with Gasteiger partial charge in [0.05, 0.1) is 29.6 Å². The zero-order valence-electron chi connectivity index (χ0n) is 19.7. The number of anilines is 3. The maximum absolute atomic E-state index is 14.8. The molecular formula is C29H21FN4O2S. The van der Waals surface area contributed by atoms with Gasteiger partial charge in [-0.1, -0.05) is 12.0 Å². The van der Waals surface area contributed by atoms with Crippen molar-refractivity contribution in [2.24, 2.45) is 0 Å². The van der Waals surface area contributed by atoms with Crippen LogP contribution < -0.4 is 10.6 Å². The summed E-state index contributed by atoms with van der Waals surface area (Å²) in [5.41, 5.74) is 3.37. The summed E-state index contributed by atoms with van der Waals surface area (Å²) < 4.78 is 20.0. The Bertz CT molecular complexity index is 1650. The number of amides is 1. The lowest BCUT2D eigenvalue weighted by Gasteiger charge is -2.25. The lowest BCUT2D eigenvalue weighted by Crippen LogP contribution is -2.30. The molecule has 2 aromatic carbocycles. The molecule has 4 aromatic rings. The van der Waals surface area contributed by atoms with Gasteiger partial charge in [-0.2, -0.15) is 0 Å². The highest BCUT2D eigenvalue weighted by Crippen LogP contribution is 2.55. The molecule has 182 valence electrons. The maximum atomic E-state index is 14.8. The van der Waals surface area contributed by atoms with E-state index in [-0.39, 0.29) is 17.1 Å². The van der Waals surface area contributed by atoms with Crippen molar-refractivity contribution >= 4 is 45.6 Å². The van der Waals surface area contributed by atoms with E-state index in [9.17, 15) is 9.18 Å². The molecule has 0 bridgehead atoms. The van der Waals surface area contributed by atoms with E-state index in [2.05, 4.69) is 32.4 Å². The molecule has 7 rings (SSSR count). The molecule has 0 radical (unpaired) electrons. The second-order valence-electron chi connectivity index (χ2n) is 9.54. The Morgan fingerprint density at radius 3 is 2.76 bits per heavy atom. The molecular weight excluding hydrogens is 487 g/mol. The Morgan fingerprint density at radius 2 is 1.97 bits per heavy atom. The van der Waals surface area contributed by atoms with Crippen LogP contribution in [0.1, 0.15) is 29.7 Å². The summed E-state index contributed by atoms with van der Waals surface area (Å²) >= 11 is 1.62. The predicted octanol–water partition coefficient (Wildman–Crippen LogP) is 5.39. The number of aromatic nitrogens is 2. The number of nitrogens with zero attached hydrogens (tertiary/aromatic N) is 2. The number of ether oxygens (including phenoxy) is 1. The van der Waals surface area contributed by atoms with Gasteiger partial charge in [-0.05, 0) is 66.8 Å². The number of hydrogen-bond acceptors (Lipinski definition) is 6. The minimum absolute atomic E-state index is 0.0913. The standard InChI is InChI=1S/C29H21FN4O2S/c30-23-12-19(37-20-15-36-16-20)3-6-25(23)33-27-13-21-18(14-32-27)7-10-31-24(21)5-2-17-1-4-22-26(11-17)34-28(35)29(22)8-9-29/h1,3-4,6-7,10-14,20H,8-9,15-16H2,(H,32,33)(H,34,35). The third-order valence-electron chi connectivity index (χ3n) is 7.05. The topological polar surface area (TPSA) is 76.1 Å². The number of rotatable bonds is 4. The average Bonchev–Trinajstić information content (AvgIpc) is 3.63. The maximum Gasteiger partial charge on any atom is 0.235 e. The Hall–Kier alpha value is -3.93. The quantitative estimate of drug-likeness (QED) is 0.360. The summed E-state index contributed by atoms with van der Waals surface area (Å²) in [7, 11) is 0. The zero-order valence-corrected chi connectivity index (χ0v) is 20.5. The zero-order chi connectivity index (χ0) is 25.0. The summed E-state index contributed by atoms with van der Waals surface area (Å²) in [6.45, 7) is 1.41. The van der Waals surface area contributed by atoms with Gasteiger partial charge in [-0.25, -0.2) is 14.4 Å². The fraction of sp³-hybridized carbons (Fsp3) is 0.207. The van der Waals surface area contributed by atoms with Gasteiger partial charge in [0.25, 0.3) is 0 Å². The van der Waals surface area contributed by atoms with Gasteiger partial charge in [0.15, 0.2) is 0 Å². The molecule has 1 saturated heterocycles. The highest BCUT2D eigenvalue weighted by Gasteiger charge is 2.56. The second-order valence-corrected chi connectivity index (χ2v) is 10.9. The molecule has 1 saturated carbocycles. The minimum Gasteiger partial charge on any atom is -0.379 e. The molecule has 6 nitrogen and oxygen atoms in total. The molecule has 2 aromatic heterocycles. The smallest absolute Gasteiger partial charge is 0.235 e. The van der Waals surface area contributed by atoms with Gasteiger partial charge in [0.2, 0.25) is 5.91 Å². The number of pyridine rings is 2. The van der Waals surface area contributed by atoms with Crippen LogP contribution in [0.25, 0.3) is 10.8 Å². The fourth-order valence-electron chi connectivity index (χ4n) is 4.78. The molecule has 1 aliphatic carbocycles. The van der Waals surface area contributed by atoms with Crippen molar-refractivity contribution in [3.05, 3.63) is 83.6 Å². The van der Waals surface area contributed by atoms with Crippen LogP contribution in [0.5, 0.6) is 0 Å². The fourth-order valence-corrected chi connectivity index (χ4v) is 5.81. The van der Waals surface area contributed by atoms with Gasteiger partial charge >= 0.3 is 0 Å². The molecule has 2 N–H and O–H groups in total. The summed E-state index contributed by atoms with van der Waals surface area (Å²) in [4.78, 5) is 22.1. The SMILES string of the molecule is O=C1Nc2cc(C#Cc3nccc4cnc(Nc5ccc(SC6COC6)cc5F)cc34)ccc2C12CC2. The summed E-state index contributed by atoms with van der Waals surface area (Å²) in [6.07, 6.45) is 5.24. The van der Waals surface area contributed by atoms with Gasteiger partial charge in [0, 0.05) is 39.3 Å². The van der Waals surface area contributed by atoms with E-state index in [1.165, 1.54) is 6.07 Å². The number of hydrogen-bond donors (Lipinski definition) is 2. The van der Waals surface area contributed by atoms with E-state index in [1.54, 1.807) is 30.2 Å². The number of nitrogens with one attached hydrogen (secondary N) is 2. The minimum atomic E-state index is -0.338. The first-order chi connectivity index (χ1) is 18.1. The second kappa shape index (κ2) is 8.58.